The molecule has 0 saturated carbocycles. The van der Waals surface area contributed by atoms with Gasteiger partial charge in [0.15, 0.2) is 0 Å². The van der Waals surface area contributed by atoms with E-state index in [-0.39, 0.29) is 0 Å². The lowest BCUT2D eigenvalue weighted by atomic mass is 10.1. The highest BCUT2D eigenvalue weighted by molar-refractivity contribution is 5.91. The molecule has 1 saturated heterocycles. The van der Waals surface area contributed by atoms with E-state index in [1.807, 2.05) is 24.3 Å². The molecule has 0 atom stereocenters. The molecular weight excluding hydrogens is 354 g/mol. The predicted molar refractivity (Wildman–Crippen MR) is 110 cm³/mol. The third-order valence-electron chi connectivity index (χ3n) is 4.84. The van der Waals surface area contributed by atoms with Crippen LogP contribution in [-0.4, -0.2) is 54.3 Å². The number of rotatable bonds is 7. The van der Waals surface area contributed by atoms with Gasteiger partial charge in [-0.15, -0.1) is 0 Å². The van der Waals surface area contributed by atoms with E-state index in [2.05, 4.69) is 32.3 Å². The largest absolute Gasteiger partial charge is 0.492 e. The minimum atomic E-state index is 0.556. The van der Waals surface area contributed by atoms with Crippen LogP contribution in [0.4, 0.5) is 11.6 Å². The summed E-state index contributed by atoms with van der Waals surface area (Å²) in [5, 5.41) is 5.41. The second kappa shape index (κ2) is 8.86. The molecule has 7 nitrogen and oxygen atoms in total. The molecule has 1 aliphatic rings. The second-order valence-electron chi connectivity index (χ2n) is 6.78. The normalized spacial score (nSPS) is 14.9. The van der Waals surface area contributed by atoms with Gasteiger partial charge in [-0.1, -0.05) is 12.1 Å². The van der Waals surface area contributed by atoms with Crippen molar-refractivity contribution in [2.24, 2.45) is 0 Å². The van der Waals surface area contributed by atoms with Gasteiger partial charge in [-0.3, -0.25) is 4.90 Å². The maximum absolute atomic E-state index is 5.92. The van der Waals surface area contributed by atoms with E-state index in [1.165, 1.54) is 0 Å². The van der Waals surface area contributed by atoms with E-state index in [9.17, 15) is 0 Å². The molecule has 0 radical (unpaired) electrons. The molecule has 0 bridgehead atoms. The highest BCUT2D eigenvalue weighted by Crippen LogP contribution is 2.21. The molecule has 7 heteroatoms. The monoisotopic (exact) mass is 379 g/mol. The molecule has 0 unspecified atom stereocenters. The molecule has 28 heavy (non-hydrogen) atoms. The summed E-state index contributed by atoms with van der Waals surface area (Å²) in [6.45, 7) is 5.79. The Bertz CT molecular complexity index is 928. The lowest BCUT2D eigenvalue weighted by Gasteiger charge is -2.26. The number of benzene rings is 1. The molecule has 3 N–H and O–H groups in total. The summed E-state index contributed by atoms with van der Waals surface area (Å²) in [7, 11) is 0. The number of ether oxygens (including phenoxy) is 2. The summed E-state index contributed by atoms with van der Waals surface area (Å²) >= 11 is 0. The standard InChI is InChI=1S/C21H25N5O2/c22-21-19-2-1-16(13-17(19)3-5-24-21)15-25-20-14-18(4-6-23-20)28-12-9-26-7-10-27-11-8-26/h1-6,13-14H,7-12,15H2,(H2,22,24)(H,23,25). The van der Waals surface area contributed by atoms with Crippen molar-refractivity contribution >= 4 is 22.4 Å². The number of fused-ring (bicyclic) bond motifs is 1. The number of nitrogens with one attached hydrogen (secondary N) is 1. The van der Waals surface area contributed by atoms with Gasteiger partial charge < -0.3 is 20.5 Å². The minimum absolute atomic E-state index is 0.556. The average molecular weight is 379 g/mol. The van der Waals surface area contributed by atoms with Crippen molar-refractivity contribution in [1.29, 1.82) is 0 Å². The summed E-state index contributed by atoms with van der Waals surface area (Å²) in [4.78, 5) is 10.9. The van der Waals surface area contributed by atoms with Crippen molar-refractivity contribution in [3.8, 4) is 5.75 Å². The second-order valence-corrected chi connectivity index (χ2v) is 6.78. The van der Waals surface area contributed by atoms with E-state index < -0.39 is 0 Å². The SMILES string of the molecule is Nc1nccc2cc(CNc3cc(OCCN4CCOCC4)ccn3)ccc12. The van der Waals surface area contributed by atoms with Crippen LogP contribution in [0.15, 0.2) is 48.8 Å². The molecule has 0 spiro atoms. The van der Waals surface area contributed by atoms with Gasteiger partial charge in [-0.05, 0) is 29.1 Å². The fourth-order valence-electron chi connectivity index (χ4n) is 3.27. The van der Waals surface area contributed by atoms with Crippen molar-refractivity contribution in [2.75, 3.05) is 50.5 Å². The molecule has 1 aliphatic heterocycles. The van der Waals surface area contributed by atoms with Crippen LogP contribution in [0, 0.1) is 0 Å². The highest BCUT2D eigenvalue weighted by Gasteiger charge is 2.10. The van der Waals surface area contributed by atoms with Crippen LogP contribution < -0.4 is 15.8 Å². The fraction of sp³-hybridized carbons (Fsp3) is 0.333. The van der Waals surface area contributed by atoms with E-state index in [0.717, 1.165) is 60.8 Å². The highest BCUT2D eigenvalue weighted by atomic mass is 16.5. The zero-order valence-electron chi connectivity index (χ0n) is 15.8. The molecule has 1 aromatic carbocycles. The quantitative estimate of drug-likeness (QED) is 0.652. The Morgan fingerprint density at radius 1 is 1.07 bits per heavy atom. The number of nitrogens with two attached hydrogens (primary N) is 1. The third-order valence-corrected chi connectivity index (χ3v) is 4.84. The zero-order chi connectivity index (χ0) is 19.2. The zero-order valence-corrected chi connectivity index (χ0v) is 15.8. The number of aromatic nitrogens is 2. The van der Waals surface area contributed by atoms with Gasteiger partial charge in [0, 0.05) is 50.0 Å². The van der Waals surface area contributed by atoms with Crippen molar-refractivity contribution in [1.82, 2.24) is 14.9 Å². The molecule has 1 fully saturated rings. The van der Waals surface area contributed by atoms with Crippen LogP contribution in [0.1, 0.15) is 5.56 Å². The lowest BCUT2D eigenvalue weighted by Crippen LogP contribution is -2.38. The summed E-state index contributed by atoms with van der Waals surface area (Å²) in [6, 6.07) is 12.0. The summed E-state index contributed by atoms with van der Waals surface area (Å²) in [6.07, 6.45) is 3.49. The Morgan fingerprint density at radius 3 is 2.82 bits per heavy atom. The minimum Gasteiger partial charge on any atom is -0.492 e. The topological polar surface area (TPSA) is 85.5 Å². The Kier molecular flexibility index (Phi) is 5.84. The maximum Gasteiger partial charge on any atom is 0.131 e. The van der Waals surface area contributed by atoms with Crippen LogP contribution in [-0.2, 0) is 11.3 Å². The van der Waals surface area contributed by atoms with Crippen molar-refractivity contribution in [3.05, 3.63) is 54.4 Å². The molecule has 2 aromatic heterocycles. The van der Waals surface area contributed by atoms with Crippen LogP contribution >= 0.6 is 0 Å². The van der Waals surface area contributed by atoms with E-state index in [4.69, 9.17) is 15.2 Å². The number of anilines is 2. The molecular formula is C21H25N5O2. The number of nitrogen functional groups attached to an aromatic ring is 1. The summed E-state index contributed by atoms with van der Waals surface area (Å²) in [5.74, 6) is 2.17. The van der Waals surface area contributed by atoms with Crippen LogP contribution in [0.3, 0.4) is 0 Å². The first-order valence-corrected chi connectivity index (χ1v) is 9.54. The Balaban J connectivity index is 1.32. The number of morpholine rings is 1. The van der Waals surface area contributed by atoms with Gasteiger partial charge >= 0.3 is 0 Å². The number of nitrogens with zero attached hydrogens (tertiary/aromatic N) is 3. The average Bonchev–Trinajstić information content (AvgIpc) is 2.73. The van der Waals surface area contributed by atoms with Crippen molar-refractivity contribution in [3.63, 3.8) is 0 Å². The van der Waals surface area contributed by atoms with E-state index >= 15 is 0 Å². The molecule has 3 aromatic rings. The van der Waals surface area contributed by atoms with Gasteiger partial charge in [-0.2, -0.15) is 0 Å². The Hall–Kier alpha value is -2.90. The van der Waals surface area contributed by atoms with Gasteiger partial charge in [-0.25, -0.2) is 9.97 Å². The van der Waals surface area contributed by atoms with E-state index in [0.29, 0.717) is 19.0 Å². The molecule has 4 rings (SSSR count). The van der Waals surface area contributed by atoms with Crippen LogP contribution in [0.25, 0.3) is 10.8 Å². The Morgan fingerprint density at radius 2 is 1.93 bits per heavy atom. The van der Waals surface area contributed by atoms with E-state index in [1.54, 1.807) is 12.4 Å². The van der Waals surface area contributed by atoms with Crippen LogP contribution in [0.2, 0.25) is 0 Å². The molecule has 0 aliphatic carbocycles. The van der Waals surface area contributed by atoms with Gasteiger partial charge in [0.05, 0.1) is 13.2 Å². The van der Waals surface area contributed by atoms with Crippen molar-refractivity contribution < 1.29 is 9.47 Å². The Labute approximate surface area is 164 Å². The molecule has 0 amide bonds. The van der Waals surface area contributed by atoms with Gasteiger partial charge in [0.25, 0.3) is 0 Å². The first kappa shape index (κ1) is 18.5. The number of hydrogen-bond acceptors (Lipinski definition) is 7. The van der Waals surface area contributed by atoms with Gasteiger partial charge in [0.1, 0.15) is 24.0 Å². The lowest BCUT2D eigenvalue weighted by molar-refractivity contribution is 0.0322. The summed E-state index contributed by atoms with van der Waals surface area (Å²) in [5.41, 5.74) is 7.07. The molecule has 146 valence electrons. The number of pyridine rings is 2. The van der Waals surface area contributed by atoms with Gasteiger partial charge in [0.2, 0.25) is 0 Å². The fourth-order valence-corrected chi connectivity index (χ4v) is 3.27. The first-order valence-electron chi connectivity index (χ1n) is 9.54. The molecule has 3 heterocycles. The van der Waals surface area contributed by atoms with Crippen molar-refractivity contribution in [2.45, 2.75) is 6.54 Å². The smallest absolute Gasteiger partial charge is 0.131 e. The summed E-state index contributed by atoms with van der Waals surface area (Å²) < 4.78 is 11.3. The maximum atomic E-state index is 5.92. The van der Waals surface area contributed by atoms with Crippen LogP contribution in [0.5, 0.6) is 5.75 Å². The first-order chi connectivity index (χ1) is 13.8. The number of hydrogen-bond donors (Lipinski definition) is 2. The predicted octanol–water partition coefficient (Wildman–Crippen LogP) is 2.54. The third kappa shape index (κ3) is 4.68.